The van der Waals surface area contributed by atoms with Crippen LogP contribution in [-0.4, -0.2) is 42.4 Å². The van der Waals surface area contributed by atoms with Crippen LogP contribution in [0.4, 0.5) is 0 Å². The van der Waals surface area contributed by atoms with Crippen LogP contribution >= 0.6 is 0 Å². The molecule has 26 heavy (non-hydrogen) atoms. The van der Waals surface area contributed by atoms with Crippen LogP contribution in [0.5, 0.6) is 0 Å². The summed E-state index contributed by atoms with van der Waals surface area (Å²) in [6.07, 6.45) is 1.92. The van der Waals surface area contributed by atoms with Crippen molar-refractivity contribution in [3.05, 3.63) is 71.3 Å². The van der Waals surface area contributed by atoms with Crippen LogP contribution in [0.2, 0.25) is 0 Å². The second kappa shape index (κ2) is 9.31. The minimum Gasteiger partial charge on any atom is -0.389 e. The molecule has 3 heteroatoms. The topological polar surface area (TPSA) is 32.7 Å². The number of aliphatic hydroxyl groups is 1. The van der Waals surface area contributed by atoms with Crippen molar-refractivity contribution in [1.82, 2.24) is 4.90 Å². The summed E-state index contributed by atoms with van der Waals surface area (Å²) in [6.45, 7) is 7.61. The Balaban J connectivity index is 1.65. The van der Waals surface area contributed by atoms with E-state index in [0.717, 1.165) is 30.1 Å². The molecule has 0 spiro atoms. The first-order chi connectivity index (χ1) is 12.6. The summed E-state index contributed by atoms with van der Waals surface area (Å²) in [4.78, 5) is 2.37. The Labute approximate surface area is 157 Å². The zero-order valence-electron chi connectivity index (χ0n) is 16.0. The molecule has 1 aliphatic heterocycles. The first kappa shape index (κ1) is 19.1. The van der Waals surface area contributed by atoms with Crippen molar-refractivity contribution >= 4 is 0 Å². The van der Waals surface area contributed by atoms with Gasteiger partial charge in [0.15, 0.2) is 0 Å². The van der Waals surface area contributed by atoms with Crippen molar-refractivity contribution < 1.29 is 9.84 Å². The number of benzene rings is 2. The summed E-state index contributed by atoms with van der Waals surface area (Å²) in [5.74, 6) is 0.723. The van der Waals surface area contributed by atoms with E-state index in [1.54, 1.807) is 0 Å². The molecule has 0 saturated carbocycles. The van der Waals surface area contributed by atoms with Gasteiger partial charge in [0.1, 0.15) is 6.10 Å². The highest BCUT2D eigenvalue weighted by Gasteiger charge is 2.21. The number of hydrogen-bond donors (Lipinski definition) is 1. The smallest absolute Gasteiger partial charge is 0.108 e. The van der Waals surface area contributed by atoms with E-state index in [1.807, 2.05) is 30.3 Å². The zero-order valence-corrected chi connectivity index (χ0v) is 16.0. The maximum atomic E-state index is 10.5. The first-order valence-electron chi connectivity index (χ1n) is 9.76. The van der Waals surface area contributed by atoms with Crippen LogP contribution < -0.4 is 0 Å². The van der Waals surface area contributed by atoms with Gasteiger partial charge in [-0.25, -0.2) is 0 Å². The minimum atomic E-state index is -0.462. The van der Waals surface area contributed by atoms with Crippen LogP contribution in [0.1, 0.15) is 42.6 Å². The van der Waals surface area contributed by atoms with E-state index in [-0.39, 0.29) is 6.10 Å². The second-order valence-electron chi connectivity index (χ2n) is 7.64. The van der Waals surface area contributed by atoms with Gasteiger partial charge in [-0.3, -0.25) is 0 Å². The van der Waals surface area contributed by atoms with Crippen molar-refractivity contribution in [3.8, 4) is 0 Å². The Hall–Kier alpha value is -1.68. The third kappa shape index (κ3) is 5.16. The lowest BCUT2D eigenvalue weighted by molar-refractivity contribution is -0.0131. The second-order valence-corrected chi connectivity index (χ2v) is 7.64. The van der Waals surface area contributed by atoms with Gasteiger partial charge in [0.05, 0.1) is 12.7 Å². The Bertz CT molecular complexity index is 673. The number of hydrogen-bond acceptors (Lipinski definition) is 3. The molecule has 0 aliphatic carbocycles. The highest BCUT2D eigenvalue weighted by molar-refractivity contribution is 5.35. The van der Waals surface area contributed by atoms with E-state index < -0.39 is 6.10 Å². The summed E-state index contributed by atoms with van der Waals surface area (Å²) in [6, 6.07) is 18.6. The van der Waals surface area contributed by atoms with Crippen LogP contribution in [-0.2, 0) is 4.74 Å². The summed E-state index contributed by atoms with van der Waals surface area (Å²) in [7, 11) is 0. The molecule has 0 bridgehead atoms. The van der Waals surface area contributed by atoms with Crippen molar-refractivity contribution in [2.45, 2.75) is 38.9 Å². The van der Waals surface area contributed by atoms with E-state index in [0.29, 0.717) is 13.2 Å². The predicted molar refractivity (Wildman–Crippen MR) is 106 cm³/mol. The number of rotatable bonds is 7. The van der Waals surface area contributed by atoms with Crippen LogP contribution in [0.15, 0.2) is 54.6 Å². The molecule has 0 aromatic heterocycles. The number of ether oxygens (including phenoxy) is 1. The molecule has 0 radical (unpaired) electrons. The first-order valence-corrected chi connectivity index (χ1v) is 9.76. The summed E-state index contributed by atoms with van der Waals surface area (Å²) < 4.78 is 6.25. The quantitative estimate of drug-likeness (QED) is 0.810. The van der Waals surface area contributed by atoms with Gasteiger partial charge in [0, 0.05) is 13.1 Å². The maximum Gasteiger partial charge on any atom is 0.108 e. The van der Waals surface area contributed by atoms with Crippen LogP contribution in [0.25, 0.3) is 0 Å². The molecule has 3 nitrogen and oxygen atoms in total. The highest BCUT2D eigenvalue weighted by atomic mass is 16.5. The lowest BCUT2D eigenvalue weighted by Crippen LogP contribution is -2.41. The molecule has 0 amide bonds. The van der Waals surface area contributed by atoms with Crippen molar-refractivity contribution in [2.24, 2.45) is 5.92 Å². The molecule has 2 aromatic rings. The third-order valence-electron chi connectivity index (χ3n) is 5.24. The van der Waals surface area contributed by atoms with E-state index in [4.69, 9.17) is 4.74 Å². The van der Waals surface area contributed by atoms with Gasteiger partial charge in [-0.15, -0.1) is 0 Å². The number of β-amino-alcohol motifs (C(OH)–C–C–N with tert-alkyl or cyclic N) is 1. The van der Waals surface area contributed by atoms with E-state index in [2.05, 4.69) is 43.0 Å². The van der Waals surface area contributed by atoms with Gasteiger partial charge < -0.3 is 14.7 Å². The molecule has 3 rings (SSSR count). The maximum absolute atomic E-state index is 10.5. The molecule has 3 atom stereocenters. The molecule has 1 N–H and O–H groups in total. The number of likely N-dealkylation sites (tertiary alicyclic amines) is 1. The largest absolute Gasteiger partial charge is 0.389 e. The van der Waals surface area contributed by atoms with Crippen LogP contribution in [0.3, 0.4) is 0 Å². The van der Waals surface area contributed by atoms with E-state index >= 15 is 0 Å². The monoisotopic (exact) mass is 353 g/mol. The zero-order chi connectivity index (χ0) is 18.4. The summed E-state index contributed by atoms with van der Waals surface area (Å²) in [5.41, 5.74) is 3.50. The van der Waals surface area contributed by atoms with Crippen molar-refractivity contribution in [3.63, 3.8) is 0 Å². The SMILES string of the molecule is Cc1ccccc1[C@H](OC[C@H](O)CN1CCC[C@H](C)C1)c1ccccc1. The van der Waals surface area contributed by atoms with E-state index in [9.17, 15) is 5.11 Å². The van der Waals surface area contributed by atoms with Gasteiger partial charge in [-0.1, -0.05) is 61.5 Å². The van der Waals surface area contributed by atoms with Gasteiger partial charge in [0.2, 0.25) is 0 Å². The van der Waals surface area contributed by atoms with Gasteiger partial charge in [0.25, 0.3) is 0 Å². The minimum absolute atomic E-state index is 0.146. The van der Waals surface area contributed by atoms with Gasteiger partial charge in [-0.05, 0) is 48.9 Å². The van der Waals surface area contributed by atoms with Crippen molar-refractivity contribution in [1.29, 1.82) is 0 Å². The fourth-order valence-electron chi connectivity index (χ4n) is 3.88. The Kier molecular flexibility index (Phi) is 6.84. The third-order valence-corrected chi connectivity index (χ3v) is 5.24. The number of piperidine rings is 1. The normalized spacial score (nSPS) is 20.7. The van der Waals surface area contributed by atoms with Gasteiger partial charge >= 0.3 is 0 Å². The lowest BCUT2D eigenvalue weighted by Gasteiger charge is -2.32. The Morgan fingerprint density at radius 2 is 1.85 bits per heavy atom. The molecule has 0 unspecified atom stereocenters. The highest BCUT2D eigenvalue weighted by Crippen LogP contribution is 2.28. The Morgan fingerprint density at radius 3 is 2.58 bits per heavy atom. The van der Waals surface area contributed by atoms with Crippen molar-refractivity contribution in [2.75, 3.05) is 26.2 Å². The standard InChI is InChI=1S/C23H31NO2/c1-18-9-8-14-24(15-18)16-21(25)17-26-23(20-11-4-3-5-12-20)22-13-7-6-10-19(22)2/h3-7,10-13,18,21,23,25H,8-9,14-17H2,1-2H3/t18-,21+,23+/m0/s1. The predicted octanol–water partition coefficient (Wildman–Crippen LogP) is 4.19. The fraction of sp³-hybridized carbons (Fsp3) is 0.478. The average Bonchev–Trinajstić information content (AvgIpc) is 2.64. The molecule has 1 heterocycles. The van der Waals surface area contributed by atoms with Gasteiger partial charge in [-0.2, -0.15) is 0 Å². The number of aryl methyl sites for hydroxylation is 1. The summed E-state index contributed by atoms with van der Waals surface area (Å²) >= 11 is 0. The lowest BCUT2D eigenvalue weighted by atomic mass is 9.97. The molecule has 1 saturated heterocycles. The molecule has 2 aromatic carbocycles. The Morgan fingerprint density at radius 1 is 1.12 bits per heavy atom. The number of aliphatic hydroxyl groups excluding tert-OH is 1. The molecule has 140 valence electrons. The molecule has 1 aliphatic rings. The van der Waals surface area contributed by atoms with E-state index in [1.165, 1.54) is 18.4 Å². The molecular formula is C23H31NO2. The average molecular weight is 354 g/mol. The summed E-state index contributed by atoms with van der Waals surface area (Å²) in [5, 5.41) is 10.5. The fourth-order valence-corrected chi connectivity index (χ4v) is 3.88. The van der Waals surface area contributed by atoms with Crippen LogP contribution in [0, 0.1) is 12.8 Å². The molecule has 1 fully saturated rings. The number of nitrogens with zero attached hydrogens (tertiary/aromatic N) is 1. The molecular weight excluding hydrogens is 322 g/mol.